The molecule has 1 saturated heterocycles. The lowest BCUT2D eigenvalue weighted by Crippen LogP contribution is -2.47. The SMILES string of the molecule is CCNC1CCN(C(C)C)C(c2ccc(F)cc2F)C1. The Morgan fingerprint density at radius 1 is 1.35 bits per heavy atom. The first-order valence-corrected chi connectivity index (χ1v) is 7.47. The van der Waals surface area contributed by atoms with Crippen LogP contribution in [0, 0.1) is 11.6 Å². The molecule has 4 heteroatoms. The molecule has 1 aliphatic rings. The van der Waals surface area contributed by atoms with Crippen LogP contribution in [0.1, 0.15) is 45.2 Å². The summed E-state index contributed by atoms with van der Waals surface area (Å²) in [5, 5.41) is 3.45. The van der Waals surface area contributed by atoms with Crippen molar-refractivity contribution in [2.75, 3.05) is 13.1 Å². The number of benzene rings is 1. The minimum absolute atomic E-state index is 0.0217. The van der Waals surface area contributed by atoms with E-state index in [1.54, 1.807) is 6.07 Å². The second-order valence-corrected chi connectivity index (χ2v) is 5.79. The Kier molecular flexibility index (Phi) is 5.11. The zero-order valence-electron chi connectivity index (χ0n) is 12.5. The maximum absolute atomic E-state index is 14.1. The molecule has 1 N–H and O–H groups in total. The Hall–Kier alpha value is -1.00. The molecule has 1 aliphatic heterocycles. The summed E-state index contributed by atoms with van der Waals surface area (Å²) in [5.74, 6) is -0.945. The van der Waals surface area contributed by atoms with Gasteiger partial charge in [0.1, 0.15) is 11.6 Å². The highest BCUT2D eigenvalue weighted by molar-refractivity contribution is 5.23. The van der Waals surface area contributed by atoms with E-state index in [0.717, 1.165) is 32.0 Å². The van der Waals surface area contributed by atoms with Crippen molar-refractivity contribution in [1.29, 1.82) is 0 Å². The molecule has 112 valence electrons. The van der Waals surface area contributed by atoms with E-state index in [0.29, 0.717) is 17.6 Å². The summed E-state index contributed by atoms with van der Waals surface area (Å²) in [7, 11) is 0. The topological polar surface area (TPSA) is 15.3 Å². The summed E-state index contributed by atoms with van der Waals surface area (Å²) >= 11 is 0. The van der Waals surface area contributed by atoms with Crippen molar-refractivity contribution in [3.8, 4) is 0 Å². The Labute approximate surface area is 120 Å². The molecule has 2 atom stereocenters. The normalized spacial score (nSPS) is 24.3. The van der Waals surface area contributed by atoms with Crippen LogP contribution >= 0.6 is 0 Å². The smallest absolute Gasteiger partial charge is 0.130 e. The van der Waals surface area contributed by atoms with Gasteiger partial charge in [0, 0.05) is 36.3 Å². The molecule has 1 heterocycles. The van der Waals surface area contributed by atoms with Crippen molar-refractivity contribution in [3.05, 3.63) is 35.4 Å². The van der Waals surface area contributed by atoms with Gasteiger partial charge in [0.25, 0.3) is 0 Å². The molecule has 2 rings (SSSR count). The summed E-state index contributed by atoms with van der Waals surface area (Å²) in [6.07, 6.45) is 1.94. The quantitative estimate of drug-likeness (QED) is 0.909. The van der Waals surface area contributed by atoms with Gasteiger partial charge in [-0.25, -0.2) is 8.78 Å². The van der Waals surface area contributed by atoms with Crippen LogP contribution in [0.2, 0.25) is 0 Å². The molecule has 0 bridgehead atoms. The second-order valence-electron chi connectivity index (χ2n) is 5.79. The van der Waals surface area contributed by atoms with Crippen LogP contribution in [0.3, 0.4) is 0 Å². The number of nitrogens with zero attached hydrogens (tertiary/aromatic N) is 1. The minimum atomic E-state index is -0.513. The molecule has 0 saturated carbocycles. The molecule has 2 nitrogen and oxygen atoms in total. The zero-order chi connectivity index (χ0) is 14.7. The van der Waals surface area contributed by atoms with Crippen molar-refractivity contribution in [1.82, 2.24) is 10.2 Å². The van der Waals surface area contributed by atoms with Gasteiger partial charge in [-0.15, -0.1) is 0 Å². The molecule has 2 unspecified atom stereocenters. The second kappa shape index (κ2) is 6.64. The molecule has 0 radical (unpaired) electrons. The van der Waals surface area contributed by atoms with Gasteiger partial charge >= 0.3 is 0 Å². The van der Waals surface area contributed by atoms with E-state index < -0.39 is 11.6 Å². The number of nitrogens with one attached hydrogen (secondary N) is 1. The summed E-state index contributed by atoms with van der Waals surface area (Å²) in [6.45, 7) is 8.20. The number of hydrogen-bond acceptors (Lipinski definition) is 2. The lowest BCUT2D eigenvalue weighted by atomic mass is 9.90. The van der Waals surface area contributed by atoms with Gasteiger partial charge in [0.2, 0.25) is 0 Å². The molecule has 1 aromatic rings. The van der Waals surface area contributed by atoms with E-state index in [1.807, 2.05) is 0 Å². The van der Waals surface area contributed by atoms with Crippen molar-refractivity contribution < 1.29 is 8.78 Å². The van der Waals surface area contributed by atoms with E-state index >= 15 is 0 Å². The maximum Gasteiger partial charge on any atom is 0.130 e. The lowest BCUT2D eigenvalue weighted by Gasteiger charge is -2.42. The van der Waals surface area contributed by atoms with Gasteiger partial charge in [-0.3, -0.25) is 4.90 Å². The summed E-state index contributed by atoms with van der Waals surface area (Å²) in [6, 6.07) is 4.72. The number of halogens is 2. The molecular weight excluding hydrogens is 258 g/mol. The first-order chi connectivity index (χ1) is 9.52. The maximum atomic E-state index is 14.1. The molecule has 0 spiro atoms. The van der Waals surface area contributed by atoms with E-state index in [-0.39, 0.29) is 6.04 Å². The predicted octanol–water partition coefficient (Wildman–Crippen LogP) is 3.49. The highest BCUT2D eigenvalue weighted by Gasteiger charge is 2.32. The van der Waals surface area contributed by atoms with Gasteiger partial charge in [-0.2, -0.15) is 0 Å². The third-order valence-corrected chi connectivity index (χ3v) is 4.12. The molecule has 0 aliphatic carbocycles. The van der Waals surface area contributed by atoms with Gasteiger partial charge in [0.15, 0.2) is 0 Å². The molecule has 0 aromatic heterocycles. The number of piperidine rings is 1. The largest absolute Gasteiger partial charge is 0.314 e. The lowest BCUT2D eigenvalue weighted by molar-refractivity contribution is 0.0907. The summed E-state index contributed by atoms with van der Waals surface area (Å²) in [4.78, 5) is 2.31. The Bertz CT molecular complexity index is 448. The van der Waals surface area contributed by atoms with Gasteiger partial charge in [-0.1, -0.05) is 13.0 Å². The van der Waals surface area contributed by atoms with Crippen LogP contribution in [0.5, 0.6) is 0 Å². The van der Waals surface area contributed by atoms with E-state index in [1.165, 1.54) is 6.07 Å². The highest BCUT2D eigenvalue weighted by Crippen LogP contribution is 2.34. The van der Waals surface area contributed by atoms with E-state index in [4.69, 9.17) is 0 Å². The van der Waals surface area contributed by atoms with Crippen molar-refractivity contribution >= 4 is 0 Å². The summed E-state index contributed by atoms with van der Waals surface area (Å²) in [5.41, 5.74) is 0.614. The Morgan fingerprint density at radius 2 is 2.10 bits per heavy atom. The summed E-state index contributed by atoms with van der Waals surface area (Å²) < 4.78 is 27.2. The number of hydrogen-bond donors (Lipinski definition) is 1. The molecule has 1 aromatic carbocycles. The minimum Gasteiger partial charge on any atom is -0.314 e. The third kappa shape index (κ3) is 3.36. The first kappa shape index (κ1) is 15.4. The third-order valence-electron chi connectivity index (χ3n) is 4.12. The van der Waals surface area contributed by atoms with E-state index in [2.05, 4.69) is 31.0 Å². The monoisotopic (exact) mass is 282 g/mol. The van der Waals surface area contributed by atoms with Gasteiger partial charge in [0.05, 0.1) is 0 Å². The zero-order valence-corrected chi connectivity index (χ0v) is 12.5. The average molecular weight is 282 g/mol. The van der Waals surface area contributed by atoms with Crippen LogP contribution < -0.4 is 5.32 Å². The molecule has 20 heavy (non-hydrogen) atoms. The van der Waals surface area contributed by atoms with Crippen LogP contribution in [0.25, 0.3) is 0 Å². The van der Waals surface area contributed by atoms with Gasteiger partial charge < -0.3 is 5.32 Å². The fourth-order valence-corrected chi connectivity index (χ4v) is 3.15. The fraction of sp³-hybridized carbons (Fsp3) is 0.625. The standard InChI is InChI=1S/C16H24F2N2/c1-4-19-13-7-8-20(11(2)3)16(10-13)14-6-5-12(17)9-15(14)18/h5-6,9,11,13,16,19H,4,7-8,10H2,1-3H3. The van der Waals surface area contributed by atoms with Crippen molar-refractivity contribution in [2.24, 2.45) is 0 Å². The van der Waals surface area contributed by atoms with Gasteiger partial charge in [-0.05, 0) is 39.3 Å². The highest BCUT2D eigenvalue weighted by atomic mass is 19.1. The van der Waals surface area contributed by atoms with E-state index in [9.17, 15) is 8.78 Å². The number of rotatable bonds is 4. The Morgan fingerprint density at radius 3 is 2.70 bits per heavy atom. The van der Waals surface area contributed by atoms with Crippen LogP contribution in [-0.4, -0.2) is 30.1 Å². The Balaban J connectivity index is 2.26. The molecule has 0 amide bonds. The van der Waals surface area contributed by atoms with Crippen LogP contribution in [0.4, 0.5) is 8.78 Å². The van der Waals surface area contributed by atoms with Crippen molar-refractivity contribution in [3.63, 3.8) is 0 Å². The first-order valence-electron chi connectivity index (χ1n) is 7.47. The van der Waals surface area contributed by atoms with Crippen LogP contribution in [0.15, 0.2) is 18.2 Å². The predicted molar refractivity (Wildman–Crippen MR) is 77.6 cm³/mol. The number of likely N-dealkylation sites (tertiary alicyclic amines) is 1. The van der Waals surface area contributed by atoms with Crippen molar-refractivity contribution in [2.45, 2.75) is 51.7 Å². The molecular formula is C16H24F2N2. The average Bonchev–Trinajstić information content (AvgIpc) is 2.38. The van der Waals surface area contributed by atoms with Crippen LogP contribution in [-0.2, 0) is 0 Å². The fourth-order valence-electron chi connectivity index (χ4n) is 3.15. The molecule has 1 fully saturated rings.